The third-order valence-corrected chi connectivity index (χ3v) is 3.87. The van der Waals surface area contributed by atoms with Crippen LogP contribution in [0.2, 0.25) is 5.02 Å². The van der Waals surface area contributed by atoms with E-state index in [1.54, 1.807) is 30.0 Å². The lowest BCUT2D eigenvalue weighted by molar-refractivity contribution is -0.113. The smallest absolute Gasteiger partial charge is 0.234 e. The van der Waals surface area contributed by atoms with Crippen LogP contribution in [0.3, 0.4) is 0 Å². The number of halogens is 1. The Morgan fingerprint density at radius 1 is 1.20 bits per heavy atom. The van der Waals surface area contributed by atoms with E-state index in [2.05, 4.69) is 5.32 Å². The van der Waals surface area contributed by atoms with Crippen LogP contribution in [0, 0.1) is 0 Å². The fourth-order valence-electron chi connectivity index (χ4n) is 1.67. The van der Waals surface area contributed by atoms with Crippen molar-refractivity contribution in [3.63, 3.8) is 0 Å². The Morgan fingerprint density at radius 2 is 1.95 bits per heavy atom. The summed E-state index contributed by atoms with van der Waals surface area (Å²) in [4.78, 5) is 11.8. The van der Waals surface area contributed by atoms with E-state index in [1.807, 2.05) is 30.3 Å². The molecule has 0 aromatic heterocycles. The number of anilines is 2. The molecule has 0 aliphatic carbocycles. The van der Waals surface area contributed by atoms with Crippen LogP contribution in [0.1, 0.15) is 5.56 Å². The Kier molecular flexibility index (Phi) is 5.32. The Bertz CT molecular complexity index is 590. The molecular weight excluding hydrogens is 292 g/mol. The van der Waals surface area contributed by atoms with Gasteiger partial charge in [-0.3, -0.25) is 4.79 Å². The molecule has 0 bridgehead atoms. The number of carbonyl (C=O) groups is 1. The molecule has 0 saturated heterocycles. The predicted octanol–water partition coefficient (Wildman–Crippen LogP) is 3.79. The summed E-state index contributed by atoms with van der Waals surface area (Å²) >= 11 is 7.37. The number of nitrogens with one attached hydrogen (secondary N) is 1. The minimum absolute atomic E-state index is 0.0695. The van der Waals surface area contributed by atoms with Crippen molar-refractivity contribution in [1.82, 2.24) is 0 Å². The van der Waals surface area contributed by atoms with Crippen LogP contribution in [0.15, 0.2) is 48.5 Å². The second-order valence-electron chi connectivity index (χ2n) is 4.26. The van der Waals surface area contributed by atoms with Crippen LogP contribution < -0.4 is 11.1 Å². The molecule has 2 aromatic carbocycles. The van der Waals surface area contributed by atoms with Crippen molar-refractivity contribution >= 4 is 40.6 Å². The molecule has 5 heteroatoms. The van der Waals surface area contributed by atoms with E-state index in [-0.39, 0.29) is 5.91 Å². The molecule has 0 atom stereocenters. The molecule has 3 N–H and O–H groups in total. The van der Waals surface area contributed by atoms with E-state index in [0.717, 1.165) is 5.75 Å². The van der Waals surface area contributed by atoms with Gasteiger partial charge in [-0.25, -0.2) is 0 Å². The molecule has 20 heavy (non-hydrogen) atoms. The van der Waals surface area contributed by atoms with Gasteiger partial charge in [0, 0.05) is 10.8 Å². The Labute approximate surface area is 127 Å². The van der Waals surface area contributed by atoms with Crippen LogP contribution in [0.25, 0.3) is 0 Å². The van der Waals surface area contributed by atoms with Gasteiger partial charge in [-0.15, -0.1) is 11.8 Å². The highest BCUT2D eigenvalue weighted by atomic mass is 35.5. The first-order chi connectivity index (χ1) is 9.65. The summed E-state index contributed by atoms with van der Waals surface area (Å²) in [5.74, 6) is 1.13. The van der Waals surface area contributed by atoms with Gasteiger partial charge in [0.05, 0.1) is 17.1 Å². The zero-order valence-corrected chi connectivity index (χ0v) is 12.4. The van der Waals surface area contributed by atoms with E-state index in [9.17, 15) is 4.79 Å². The maximum absolute atomic E-state index is 11.8. The van der Waals surface area contributed by atoms with E-state index in [1.165, 1.54) is 5.56 Å². The molecule has 2 rings (SSSR count). The second kappa shape index (κ2) is 7.22. The number of rotatable bonds is 5. The molecule has 2 aromatic rings. The Balaban J connectivity index is 1.81. The number of benzene rings is 2. The minimum Gasteiger partial charge on any atom is -0.397 e. The summed E-state index contributed by atoms with van der Waals surface area (Å²) in [6, 6.07) is 15.1. The van der Waals surface area contributed by atoms with Gasteiger partial charge in [-0.1, -0.05) is 41.9 Å². The first-order valence-corrected chi connectivity index (χ1v) is 7.65. The van der Waals surface area contributed by atoms with E-state index in [0.29, 0.717) is 22.2 Å². The molecular formula is C15H15ClN2OS. The molecule has 1 amide bonds. The van der Waals surface area contributed by atoms with Crippen LogP contribution >= 0.6 is 23.4 Å². The molecule has 0 unspecified atom stereocenters. The molecule has 0 saturated carbocycles. The maximum Gasteiger partial charge on any atom is 0.234 e. The summed E-state index contributed by atoms with van der Waals surface area (Å²) in [6.45, 7) is 0. The van der Waals surface area contributed by atoms with Crippen molar-refractivity contribution in [2.45, 2.75) is 5.75 Å². The highest BCUT2D eigenvalue weighted by molar-refractivity contribution is 7.99. The lowest BCUT2D eigenvalue weighted by Crippen LogP contribution is -2.15. The lowest BCUT2D eigenvalue weighted by atomic mass is 10.2. The number of nitrogens with two attached hydrogens (primary N) is 1. The summed E-state index contributed by atoms with van der Waals surface area (Å²) in [5.41, 5.74) is 8.06. The fourth-order valence-corrected chi connectivity index (χ4v) is 2.64. The summed E-state index contributed by atoms with van der Waals surface area (Å²) in [6.07, 6.45) is 0. The molecule has 3 nitrogen and oxygen atoms in total. The fraction of sp³-hybridized carbons (Fsp3) is 0.133. The van der Waals surface area contributed by atoms with Crippen LogP contribution in [-0.2, 0) is 10.5 Å². The van der Waals surface area contributed by atoms with Crippen LogP contribution in [-0.4, -0.2) is 11.7 Å². The molecule has 0 aliphatic rings. The third kappa shape index (κ3) is 4.47. The van der Waals surface area contributed by atoms with Gasteiger partial charge in [0.2, 0.25) is 5.91 Å². The predicted molar refractivity (Wildman–Crippen MR) is 87.1 cm³/mol. The Hall–Kier alpha value is -1.65. The topological polar surface area (TPSA) is 55.1 Å². The molecule has 0 fully saturated rings. The normalized spacial score (nSPS) is 10.2. The zero-order chi connectivity index (χ0) is 14.4. The van der Waals surface area contributed by atoms with Crippen molar-refractivity contribution in [3.8, 4) is 0 Å². The largest absolute Gasteiger partial charge is 0.397 e. The van der Waals surface area contributed by atoms with Crippen LogP contribution in [0.4, 0.5) is 11.4 Å². The molecule has 104 valence electrons. The quantitative estimate of drug-likeness (QED) is 0.826. The van der Waals surface area contributed by atoms with Gasteiger partial charge < -0.3 is 11.1 Å². The van der Waals surface area contributed by atoms with Crippen molar-refractivity contribution < 1.29 is 4.79 Å². The highest BCUT2D eigenvalue weighted by Crippen LogP contribution is 2.23. The minimum atomic E-state index is -0.0695. The van der Waals surface area contributed by atoms with E-state index in [4.69, 9.17) is 17.3 Å². The third-order valence-electron chi connectivity index (χ3n) is 2.63. The van der Waals surface area contributed by atoms with Gasteiger partial charge in [0.15, 0.2) is 0 Å². The monoisotopic (exact) mass is 306 g/mol. The maximum atomic E-state index is 11.8. The molecule has 0 heterocycles. The van der Waals surface area contributed by atoms with Crippen molar-refractivity contribution in [3.05, 3.63) is 59.1 Å². The van der Waals surface area contributed by atoms with Gasteiger partial charge >= 0.3 is 0 Å². The van der Waals surface area contributed by atoms with Crippen molar-refractivity contribution in [2.75, 3.05) is 16.8 Å². The molecule has 0 radical (unpaired) electrons. The number of hydrogen-bond donors (Lipinski definition) is 2. The molecule has 0 spiro atoms. The average Bonchev–Trinajstić information content (AvgIpc) is 2.43. The average molecular weight is 307 g/mol. The van der Waals surface area contributed by atoms with Gasteiger partial charge in [0.1, 0.15) is 0 Å². The lowest BCUT2D eigenvalue weighted by Gasteiger charge is -2.08. The number of thioether (sulfide) groups is 1. The SMILES string of the molecule is Nc1cc(Cl)ccc1NC(=O)CSCc1ccccc1. The second-order valence-corrected chi connectivity index (χ2v) is 5.68. The number of nitrogen functional groups attached to an aromatic ring is 1. The van der Waals surface area contributed by atoms with E-state index >= 15 is 0 Å². The first-order valence-electron chi connectivity index (χ1n) is 6.11. The highest BCUT2D eigenvalue weighted by Gasteiger charge is 2.06. The van der Waals surface area contributed by atoms with E-state index < -0.39 is 0 Å². The number of carbonyl (C=O) groups excluding carboxylic acids is 1. The summed E-state index contributed by atoms with van der Waals surface area (Å²) < 4.78 is 0. The number of amides is 1. The van der Waals surface area contributed by atoms with Gasteiger partial charge in [-0.05, 0) is 23.8 Å². The standard InChI is InChI=1S/C15H15ClN2OS/c16-12-6-7-14(13(17)8-12)18-15(19)10-20-9-11-4-2-1-3-5-11/h1-8H,9-10,17H2,(H,18,19). The summed E-state index contributed by atoms with van der Waals surface area (Å²) in [7, 11) is 0. The first kappa shape index (κ1) is 14.8. The van der Waals surface area contributed by atoms with Crippen molar-refractivity contribution in [2.24, 2.45) is 0 Å². The van der Waals surface area contributed by atoms with Gasteiger partial charge in [-0.2, -0.15) is 0 Å². The zero-order valence-electron chi connectivity index (χ0n) is 10.8. The van der Waals surface area contributed by atoms with Crippen LogP contribution in [0.5, 0.6) is 0 Å². The molecule has 0 aliphatic heterocycles. The van der Waals surface area contributed by atoms with Gasteiger partial charge in [0.25, 0.3) is 0 Å². The summed E-state index contributed by atoms with van der Waals surface area (Å²) in [5, 5.41) is 3.33. The Morgan fingerprint density at radius 3 is 2.65 bits per heavy atom. The van der Waals surface area contributed by atoms with Crippen molar-refractivity contribution in [1.29, 1.82) is 0 Å². The number of hydrogen-bond acceptors (Lipinski definition) is 3.